The van der Waals surface area contributed by atoms with Crippen molar-refractivity contribution in [3.63, 3.8) is 0 Å². The highest BCUT2D eigenvalue weighted by Crippen LogP contribution is 2.43. The van der Waals surface area contributed by atoms with E-state index in [9.17, 15) is 5.11 Å². The minimum Gasteiger partial charge on any atom is -0.383 e. The van der Waals surface area contributed by atoms with E-state index in [1.807, 2.05) is 36.4 Å². The van der Waals surface area contributed by atoms with Gasteiger partial charge in [-0.15, -0.1) is 0 Å². The van der Waals surface area contributed by atoms with Gasteiger partial charge in [0.15, 0.2) is 0 Å². The lowest BCUT2D eigenvalue weighted by molar-refractivity contribution is 0.0151. The fourth-order valence-electron chi connectivity index (χ4n) is 3.07. The van der Waals surface area contributed by atoms with Crippen LogP contribution in [0.5, 0.6) is 0 Å². The summed E-state index contributed by atoms with van der Waals surface area (Å²) in [7, 11) is 0. The Kier molecular flexibility index (Phi) is 3.09. The molecule has 0 radical (unpaired) electrons. The van der Waals surface area contributed by atoms with Crippen LogP contribution < -0.4 is 5.73 Å². The van der Waals surface area contributed by atoms with E-state index < -0.39 is 5.60 Å². The van der Waals surface area contributed by atoms with Crippen LogP contribution in [0, 0.1) is 0 Å². The van der Waals surface area contributed by atoms with Crippen LogP contribution in [0.3, 0.4) is 0 Å². The Hall–Kier alpha value is -1.71. The maximum absolute atomic E-state index is 11.1. The number of nitrogens with two attached hydrogens (primary N) is 1. The molecule has 0 amide bonds. The average Bonchev–Trinajstić information content (AvgIpc) is 2.92. The zero-order chi connectivity index (χ0) is 13.3. The number of fused-ring (bicyclic) bond motifs is 1. The van der Waals surface area contributed by atoms with Gasteiger partial charge in [0.2, 0.25) is 0 Å². The molecule has 1 aliphatic carbocycles. The van der Waals surface area contributed by atoms with Crippen LogP contribution in [-0.2, 0) is 12.0 Å². The summed E-state index contributed by atoms with van der Waals surface area (Å²) in [5.41, 5.74) is 7.98. The molecule has 0 saturated heterocycles. The molecule has 3 rings (SSSR count). The van der Waals surface area contributed by atoms with Gasteiger partial charge in [0, 0.05) is 24.4 Å². The summed E-state index contributed by atoms with van der Waals surface area (Å²) in [6.07, 6.45) is 3.65. The SMILES string of the molecule is NCC(O)(c1ccccc1)C1CCc2cccnc21. The Balaban J connectivity index is 2.05. The Labute approximate surface area is 113 Å². The normalized spacial score (nSPS) is 20.8. The zero-order valence-corrected chi connectivity index (χ0v) is 10.8. The largest absolute Gasteiger partial charge is 0.383 e. The van der Waals surface area contributed by atoms with Crippen molar-refractivity contribution in [2.75, 3.05) is 6.54 Å². The maximum Gasteiger partial charge on any atom is 0.110 e. The number of aryl methyl sites for hydroxylation is 1. The van der Waals surface area contributed by atoms with Gasteiger partial charge in [0.05, 0.1) is 0 Å². The summed E-state index contributed by atoms with van der Waals surface area (Å²) in [5.74, 6) is -0.0175. The molecular formula is C16H18N2O. The highest BCUT2D eigenvalue weighted by Gasteiger charge is 2.42. The minimum absolute atomic E-state index is 0.0175. The molecule has 0 fully saturated rings. The molecule has 1 aromatic heterocycles. The number of hydrogen-bond acceptors (Lipinski definition) is 3. The third-order valence-electron chi connectivity index (χ3n) is 4.12. The maximum atomic E-state index is 11.1. The lowest BCUT2D eigenvalue weighted by Crippen LogP contribution is -2.40. The predicted molar refractivity (Wildman–Crippen MR) is 74.7 cm³/mol. The Morgan fingerprint density at radius 2 is 2.00 bits per heavy atom. The van der Waals surface area contributed by atoms with E-state index in [0.717, 1.165) is 24.1 Å². The molecule has 3 N–H and O–H groups in total. The molecule has 0 saturated carbocycles. The molecule has 2 aromatic rings. The molecule has 0 spiro atoms. The summed E-state index contributed by atoms with van der Waals surface area (Å²) in [6.45, 7) is 0.206. The van der Waals surface area contributed by atoms with E-state index in [1.165, 1.54) is 5.56 Å². The van der Waals surface area contributed by atoms with Crippen LogP contribution in [0.4, 0.5) is 0 Å². The Morgan fingerprint density at radius 1 is 1.21 bits per heavy atom. The number of aliphatic hydroxyl groups is 1. The molecule has 1 aromatic carbocycles. The number of aromatic nitrogens is 1. The smallest absolute Gasteiger partial charge is 0.110 e. The summed E-state index contributed by atoms with van der Waals surface area (Å²) >= 11 is 0. The van der Waals surface area contributed by atoms with Crippen LogP contribution in [-0.4, -0.2) is 16.6 Å². The van der Waals surface area contributed by atoms with Crippen molar-refractivity contribution < 1.29 is 5.11 Å². The van der Waals surface area contributed by atoms with E-state index in [-0.39, 0.29) is 12.5 Å². The fraction of sp³-hybridized carbons (Fsp3) is 0.312. The third kappa shape index (κ3) is 1.95. The van der Waals surface area contributed by atoms with Crippen LogP contribution in [0.15, 0.2) is 48.7 Å². The molecule has 2 unspecified atom stereocenters. The summed E-state index contributed by atoms with van der Waals surface area (Å²) in [4.78, 5) is 4.46. The number of nitrogens with zero attached hydrogens (tertiary/aromatic N) is 1. The van der Waals surface area contributed by atoms with E-state index in [1.54, 1.807) is 6.20 Å². The quantitative estimate of drug-likeness (QED) is 0.880. The monoisotopic (exact) mass is 254 g/mol. The second kappa shape index (κ2) is 4.76. The fourth-order valence-corrected chi connectivity index (χ4v) is 3.07. The van der Waals surface area contributed by atoms with Crippen LogP contribution >= 0.6 is 0 Å². The minimum atomic E-state index is -1.03. The van der Waals surface area contributed by atoms with Crippen molar-refractivity contribution in [3.05, 3.63) is 65.5 Å². The van der Waals surface area contributed by atoms with Crippen molar-refractivity contribution in [2.24, 2.45) is 5.73 Å². The Morgan fingerprint density at radius 3 is 2.74 bits per heavy atom. The van der Waals surface area contributed by atoms with Crippen molar-refractivity contribution in [1.82, 2.24) is 4.98 Å². The van der Waals surface area contributed by atoms with Gasteiger partial charge >= 0.3 is 0 Å². The van der Waals surface area contributed by atoms with Gasteiger partial charge in [-0.25, -0.2) is 0 Å². The van der Waals surface area contributed by atoms with E-state index in [4.69, 9.17) is 5.73 Å². The molecule has 2 atom stereocenters. The number of benzene rings is 1. The van der Waals surface area contributed by atoms with Gasteiger partial charge < -0.3 is 10.8 Å². The highest BCUT2D eigenvalue weighted by molar-refractivity contribution is 5.36. The van der Waals surface area contributed by atoms with Crippen LogP contribution in [0.25, 0.3) is 0 Å². The van der Waals surface area contributed by atoms with Crippen molar-refractivity contribution in [2.45, 2.75) is 24.4 Å². The van der Waals surface area contributed by atoms with Crippen LogP contribution in [0.2, 0.25) is 0 Å². The van der Waals surface area contributed by atoms with Gasteiger partial charge in [-0.3, -0.25) is 4.98 Å². The van der Waals surface area contributed by atoms with Gasteiger partial charge in [-0.2, -0.15) is 0 Å². The summed E-state index contributed by atoms with van der Waals surface area (Å²) in [6, 6.07) is 13.7. The lowest BCUT2D eigenvalue weighted by Gasteiger charge is -2.33. The first-order valence-electron chi connectivity index (χ1n) is 6.67. The van der Waals surface area contributed by atoms with Crippen molar-refractivity contribution >= 4 is 0 Å². The number of rotatable bonds is 3. The Bertz CT molecular complexity index is 570. The molecule has 1 heterocycles. The molecule has 1 aliphatic rings. The predicted octanol–water partition coefficient (Wildman–Crippen LogP) is 1.96. The molecular weight excluding hydrogens is 236 g/mol. The molecule has 3 heteroatoms. The third-order valence-corrected chi connectivity index (χ3v) is 4.12. The zero-order valence-electron chi connectivity index (χ0n) is 10.8. The van der Waals surface area contributed by atoms with Crippen molar-refractivity contribution in [1.29, 1.82) is 0 Å². The summed E-state index contributed by atoms with van der Waals surface area (Å²) in [5, 5.41) is 11.1. The highest BCUT2D eigenvalue weighted by atomic mass is 16.3. The number of pyridine rings is 1. The van der Waals surface area contributed by atoms with E-state index >= 15 is 0 Å². The topological polar surface area (TPSA) is 59.1 Å². The second-order valence-electron chi connectivity index (χ2n) is 5.13. The van der Waals surface area contributed by atoms with Crippen LogP contribution in [0.1, 0.15) is 29.2 Å². The van der Waals surface area contributed by atoms with E-state index in [2.05, 4.69) is 11.1 Å². The van der Waals surface area contributed by atoms with Gasteiger partial charge in [0.25, 0.3) is 0 Å². The van der Waals surface area contributed by atoms with Gasteiger partial charge in [-0.1, -0.05) is 36.4 Å². The first kappa shape index (κ1) is 12.3. The summed E-state index contributed by atoms with van der Waals surface area (Å²) < 4.78 is 0. The standard InChI is InChI=1S/C16H18N2O/c17-11-16(19,13-6-2-1-3-7-13)14-9-8-12-5-4-10-18-15(12)14/h1-7,10,14,19H,8-9,11,17H2. The average molecular weight is 254 g/mol. The first-order chi connectivity index (χ1) is 9.25. The van der Waals surface area contributed by atoms with E-state index in [0.29, 0.717) is 0 Å². The van der Waals surface area contributed by atoms with Gasteiger partial charge in [0.1, 0.15) is 5.60 Å². The number of hydrogen-bond donors (Lipinski definition) is 2. The molecule has 19 heavy (non-hydrogen) atoms. The second-order valence-corrected chi connectivity index (χ2v) is 5.13. The molecule has 3 nitrogen and oxygen atoms in total. The lowest BCUT2D eigenvalue weighted by atomic mass is 9.79. The molecule has 0 bridgehead atoms. The molecule has 0 aliphatic heterocycles. The van der Waals surface area contributed by atoms with Gasteiger partial charge in [-0.05, 0) is 30.0 Å². The van der Waals surface area contributed by atoms with Crippen molar-refractivity contribution in [3.8, 4) is 0 Å². The first-order valence-corrected chi connectivity index (χ1v) is 6.67. The molecule has 98 valence electrons.